The fraction of sp³-hybridized carbons (Fsp3) is 0.250. The Morgan fingerprint density at radius 3 is 2.31 bits per heavy atom. The Morgan fingerprint density at radius 2 is 1.62 bits per heavy atom. The molecule has 2 aromatic heterocycles. The van der Waals surface area contributed by atoms with Gasteiger partial charge in [0.2, 0.25) is 0 Å². The fourth-order valence-corrected chi connectivity index (χ4v) is 4.28. The van der Waals surface area contributed by atoms with E-state index >= 15 is 0 Å². The second kappa shape index (κ2) is 6.62. The molecule has 1 fully saturated rings. The molecule has 0 bridgehead atoms. The molecule has 0 atom stereocenters. The van der Waals surface area contributed by atoms with Gasteiger partial charge in [0.1, 0.15) is 0 Å². The third kappa shape index (κ3) is 2.85. The Bertz CT molecular complexity index is 1340. The minimum Gasteiger partial charge on any atom is -0.309 e. The highest BCUT2D eigenvalue weighted by Crippen LogP contribution is 2.42. The van der Waals surface area contributed by atoms with Crippen LogP contribution in [0.5, 0.6) is 0 Å². The van der Waals surface area contributed by atoms with Crippen LogP contribution in [0.3, 0.4) is 0 Å². The average Bonchev–Trinajstić information content (AvgIpc) is 3.52. The van der Waals surface area contributed by atoms with Crippen molar-refractivity contribution in [2.75, 3.05) is 0 Å². The molecule has 1 aliphatic rings. The lowest BCUT2D eigenvalue weighted by Crippen LogP contribution is -2.22. The van der Waals surface area contributed by atoms with Gasteiger partial charge >= 0.3 is 0 Å². The summed E-state index contributed by atoms with van der Waals surface area (Å²) < 4.78 is 5.45. The number of para-hydroxylation sites is 1. The van der Waals surface area contributed by atoms with Crippen LogP contribution in [0.25, 0.3) is 22.3 Å². The van der Waals surface area contributed by atoms with Crippen molar-refractivity contribution in [2.24, 2.45) is 0 Å². The first-order valence-electron chi connectivity index (χ1n) is 10.1. The van der Waals surface area contributed by atoms with Crippen molar-refractivity contribution in [1.29, 1.82) is 0 Å². The van der Waals surface area contributed by atoms with Crippen molar-refractivity contribution in [3.05, 3.63) is 92.6 Å². The molecule has 1 aliphatic carbocycles. The molecular weight excluding hydrogens is 362 g/mol. The van der Waals surface area contributed by atoms with Gasteiger partial charge in [0.05, 0.1) is 16.9 Å². The van der Waals surface area contributed by atoms with Gasteiger partial charge in [0, 0.05) is 29.8 Å². The molecule has 5 rings (SSSR count). The zero-order chi connectivity index (χ0) is 20.1. The van der Waals surface area contributed by atoms with Crippen molar-refractivity contribution in [1.82, 2.24) is 13.9 Å². The van der Waals surface area contributed by atoms with Crippen LogP contribution < -0.4 is 11.1 Å². The van der Waals surface area contributed by atoms with Crippen molar-refractivity contribution >= 4 is 10.9 Å². The van der Waals surface area contributed by atoms with E-state index in [-0.39, 0.29) is 11.1 Å². The minimum absolute atomic E-state index is 0.0512. The molecular formula is C24H23N3O2. The van der Waals surface area contributed by atoms with E-state index in [4.69, 9.17) is 0 Å². The highest BCUT2D eigenvalue weighted by Gasteiger charge is 2.27. The van der Waals surface area contributed by atoms with Gasteiger partial charge in [-0.05, 0) is 68.5 Å². The van der Waals surface area contributed by atoms with Crippen LogP contribution in [0, 0.1) is 6.92 Å². The molecule has 0 radical (unpaired) electrons. The fourth-order valence-electron chi connectivity index (χ4n) is 4.28. The summed E-state index contributed by atoms with van der Waals surface area (Å²) >= 11 is 0. The molecule has 29 heavy (non-hydrogen) atoms. The monoisotopic (exact) mass is 385 g/mol. The van der Waals surface area contributed by atoms with E-state index in [2.05, 4.69) is 6.07 Å². The maximum atomic E-state index is 12.9. The summed E-state index contributed by atoms with van der Waals surface area (Å²) in [7, 11) is 0. The lowest BCUT2D eigenvalue weighted by atomic mass is 10.0. The molecule has 5 nitrogen and oxygen atoms in total. The molecule has 0 amide bonds. The number of aryl methyl sites for hydroxylation is 2. The Hall–Kier alpha value is -3.34. The van der Waals surface area contributed by atoms with Crippen molar-refractivity contribution in [2.45, 2.75) is 39.2 Å². The molecule has 2 aromatic carbocycles. The summed E-state index contributed by atoms with van der Waals surface area (Å²) in [5.41, 5.74) is 4.66. The summed E-state index contributed by atoms with van der Waals surface area (Å²) in [5.74, 6) is 0.450. The van der Waals surface area contributed by atoms with Crippen LogP contribution in [-0.2, 0) is 6.54 Å². The number of fused-ring (bicyclic) bond motifs is 1. The molecule has 0 N–H and O–H groups in total. The van der Waals surface area contributed by atoms with E-state index in [1.807, 2.05) is 61.0 Å². The smallest absolute Gasteiger partial charge is 0.271 e. The van der Waals surface area contributed by atoms with Crippen molar-refractivity contribution in [3.63, 3.8) is 0 Å². The van der Waals surface area contributed by atoms with Gasteiger partial charge in [-0.15, -0.1) is 0 Å². The van der Waals surface area contributed by atoms with Crippen LogP contribution in [-0.4, -0.2) is 13.9 Å². The van der Waals surface area contributed by atoms with Gasteiger partial charge in [-0.1, -0.05) is 18.2 Å². The van der Waals surface area contributed by atoms with Crippen LogP contribution in [0.1, 0.15) is 36.9 Å². The lowest BCUT2D eigenvalue weighted by Gasteiger charge is -2.16. The summed E-state index contributed by atoms with van der Waals surface area (Å²) in [6, 6.07) is 19.3. The van der Waals surface area contributed by atoms with Crippen molar-refractivity contribution in [3.8, 4) is 11.4 Å². The molecule has 5 heteroatoms. The van der Waals surface area contributed by atoms with E-state index in [0.717, 1.165) is 46.4 Å². The van der Waals surface area contributed by atoms with E-state index in [1.165, 1.54) is 0 Å². The number of hydrogen-bond donors (Lipinski definition) is 0. The number of hydrogen-bond acceptors (Lipinski definition) is 2. The van der Waals surface area contributed by atoms with Gasteiger partial charge in [0.25, 0.3) is 11.1 Å². The molecule has 146 valence electrons. The molecule has 0 spiro atoms. The van der Waals surface area contributed by atoms with Crippen LogP contribution in [0.4, 0.5) is 0 Å². The highest BCUT2D eigenvalue weighted by molar-refractivity contribution is 5.85. The maximum absolute atomic E-state index is 12.9. The van der Waals surface area contributed by atoms with Gasteiger partial charge in [-0.2, -0.15) is 0 Å². The van der Waals surface area contributed by atoms with E-state index in [0.29, 0.717) is 12.5 Å². The summed E-state index contributed by atoms with van der Waals surface area (Å²) in [4.78, 5) is 25.4. The summed E-state index contributed by atoms with van der Waals surface area (Å²) in [5, 5.41) is 1.07. The predicted molar refractivity (Wildman–Crippen MR) is 116 cm³/mol. The molecule has 1 saturated carbocycles. The van der Waals surface area contributed by atoms with Crippen LogP contribution in [0.15, 0.2) is 70.3 Å². The number of pyridine rings is 1. The predicted octanol–water partition coefficient (Wildman–Crippen LogP) is 4.15. The van der Waals surface area contributed by atoms with Gasteiger partial charge in [0.15, 0.2) is 0 Å². The van der Waals surface area contributed by atoms with E-state index in [1.54, 1.807) is 21.4 Å². The van der Waals surface area contributed by atoms with E-state index < -0.39 is 0 Å². The lowest BCUT2D eigenvalue weighted by molar-refractivity contribution is 0.707. The normalized spacial score (nSPS) is 13.9. The topological polar surface area (TPSA) is 48.9 Å². The van der Waals surface area contributed by atoms with Gasteiger partial charge in [-0.3, -0.25) is 14.3 Å². The first kappa shape index (κ1) is 17.7. The maximum Gasteiger partial charge on any atom is 0.271 e. The van der Waals surface area contributed by atoms with Crippen LogP contribution in [0.2, 0.25) is 0 Å². The van der Waals surface area contributed by atoms with Gasteiger partial charge in [-0.25, -0.2) is 4.68 Å². The SMILES string of the molecule is CCn1c(=O)cc(C2CC2)c2cc(-n3c(=O)cc(C)n3-c3ccccc3)ccc21. The standard InChI is InChI=1S/C24H23N3O2/c1-3-25-22-12-11-19(14-21(22)20(15-23(25)28)17-9-10-17)27-24(29)13-16(2)26(27)18-7-5-4-6-8-18/h4-8,11-15,17H,3,9-10H2,1-2H3. The summed E-state index contributed by atoms with van der Waals surface area (Å²) in [6.07, 6.45) is 2.24. The summed E-state index contributed by atoms with van der Waals surface area (Å²) in [6.45, 7) is 4.55. The third-order valence-electron chi connectivity index (χ3n) is 5.78. The second-order valence-corrected chi connectivity index (χ2v) is 7.74. The average molecular weight is 385 g/mol. The van der Waals surface area contributed by atoms with Crippen LogP contribution >= 0.6 is 0 Å². The first-order valence-corrected chi connectivity index (χ1v) is 10.1. The number of benzene rings is 2. The Kier molecular flexibility index (Phi) is 4.05. The van der Waals surface area contributed by atoms with Gasteiger partial charge < -0.3 is 4.57 Å². The first-order chi connectivity index (χ1) is 14.1. The third-order valence-corrected chi connectivity index (χ3v) is 5.78. The number of aromatic nitrogens is 3. The Morgan fingerprint density at radius 1 is 0.862 bits per heavy atom. The van der Waals surface area contributed by atoms with E-state index in [9.17, 15) is 9.59 Å². The zero-order valence-electron chi connectivity index (χ0n) is 16.6. The molecule has 0 saturated heterocycles. The highest BCUT2D eigenvalue weighted by atomic mass is 16.1. The molecule has 4 aromatic rings. The Balaban J connectivity index is 1.80. The van der Waals surface area contributed by atoms with Crippen molar-refractivity contribution < 1.29 is 0 Å². The Labute approximate surface area is 168 Å². The second-order valence-electron chi connectivity index (χ2n) is 7.74. The zero-order valence-corrected chi connectivity index (χ0v) is 16.6. The number of nitrogens with zero attached hydrogens (tertiary/aromatic N) is 3. The molecule has 0 aliphatic heterocycles. The quantitative estimate of drug-likeness (QED) is 0.530. The largest absolute Gasteiger partial charge is 0.309 e. The minimum atomic E-state index is -0.0671. The number of rotatable bonds is 4. The molecule has 0 unspecified atom stereocenters. The molecule has 2 heterocycles.